The van der Waals surface area contributed by atoms with E-state index in [0.29, 0.717) is 5.92 Å². The van der Waals surface area contributed by atoms with Gasteiger partial charge in [0.05, 0.1) is 6.10 Å². The summed E-state index contributed by atoms with van der Waals surface area (Å²) in [4.78, 5) is 0. The number of rotatable bonds is 1. The minimum absolute atomic E-state index is 0.0237. The van der Waals surface area contributed by atoms with E-state index in [1.165, 1.54) is 17.2 Å². The Kier molecular flexibility index (Phi) is 4.34. The highest BCUT2D eigenvalue weighted by molar-refractivity contribution is 5.58. The van der Waals surface area contributed by atoms with Crippen LogP contribution in [0.4, 0.5) is 10.1 Å². The normalized spacial score (nSPS) is 31.2. The highest BCUT2D eigenvalue weighted by Crippen LogP contribution is 2.48. The fraction of sp³-hybridized carbons (Fsp3) is 0.545. The van der Waals surface area contributed by atoms with Gasteiger partial charge in [-0.05, 0) is 36.0 Å². The molecule has 1 aromatic rings. The summed E-state index contributed by atoms with van der Waals surface area (Å²) in [6, 6.07) is 6.72. The molecule has 1 fully saturated rings. The van der Waals surface area contributed by atoms with Crippen LogP contribution in [0.15, 0.2) is 41.9 Å². The predicted molar refractivity (Wildman–Crippen MR) is 102 cm³/mol. The van der Waals surface area contributed by atoms with E-state index < -0.39 is 5.83 Å². The van der Waals surface area contributed by atoms with Crippen LogP contribution in [0.2, 0.25) is 0 Å². The number of aliphatic hydroxyl groups is 1. The van der Waals surface area contributed by atoms with E-state index >= 15 is 0 Å². The van der Waals surface area contributed by atoms with Crippen molar-refractivity contribution in [3.05, 3.63) is 53.1 Å². The number of halogens is 1. The quantitative estimate of drug-likeness (QED) is 0.691. The number of benzene rings is 1. The predicted octanol–water partition coefficient (Wildman–Crippen LogP) is 5.56. The van der Waals surface area contributed by atoms with Crippen molar-refractivity contribution in [1.82, 2.24) is 0 Å². The van der Waals surface area contributed by atoms with Gasteiger partial charge in [0.15, 0.2) is 0 Å². The molecule has 1 saturated heterocycles. The van der Waals surface area contributed by atoms with Gasteiger partial charge in [-0.1, -0.05) is 39.0 Å². The van der Waals surface area contributed by atoms with Crippen LogP contribution in [-0.2, 0) is 10.2 Å². The molecule has 3 aliphatic rings. The Morgan fingerprint density at radius 1 is 1.27 bits per heavy atom. The van der Waals surface area contributed by atoms with Crippen LogP contribution in [0, 0.1) is 11.8 Å². The molecule has 3 nitrogen and oxygen atoms in total. The third kappa shape index (κ3) is 3.05. The van der Waals surface area contributed by atoms with Gasteiger partial charge in [0.1, 0.15) is 11.6 Å². The zero-order chi connectivity index (χ0) is 18.5. The molecule has 4 atom stereocenters. The smallest absolute Gasteiger partial charge is 0.146 e. The van der Waals surface area contributed by atoms with Crippen molar-refractivity contribution < 1.29 is 14.2 Å². The molecule has 4 heteroatoms. The molecule has 2 N–H and O–H groups in total. The molecule has 1 aromatic carbocycles. The monoisotopic (exact) mass is 357 g/mol. The van der Waals surface area contributed by atoms with Gasteiger partial charge in [0, 0.05) is 42.2 Å². The van der Waals surface area contributed by atoms with E-state index in [1.54, 1.807) is 0 Å². The third-order valence-electron chi connectivity index (χ3n) is 6.03. The van der Waals surface area contributed by atoms with Gasteiger partial charge < -0.3 is 15.2 Å². The lowest BCUT2D eigenvalue weighted by molar-refractivity contribution is -0.0422. The Balaban J connectivity index is 1.69. The van der Waals surface area contributed by atoms with Gasteiger partial charge >= 0.3 is 0 Å². The van der Waals surface area contributed by atoms with E-state index in [2.05, 4.69) is 44.3 Å². The zero-order valence-corrected chi connectivity index (χ0v) is 15.8. The molecular formula is C22H28FNO2. The number of fused-ring (bicyclic) bond motifs is 3. The first-order valence-electron chi connectivity index (χ1n) is 9.63. The Bertz CT molecular complexity index is 762. The number of nitrogens with one attached hydrogen (secondary N) is 1. The van der Waals surface area contributed by atoms with E-state index in [9.17, 15) is 9.50 Å². The molecule has 26 heavy (non-hydrogen) atoms. The first-order valence-corrected chi connectivity index (χ1v) is 9.63. The minimum Gasteiger partial charge on any atom is -0.505 e. The van der Waals surface area contributed by atoms with Gasteiger partial charge in [-0.15, -0.1) is 0 Å². The Morgan fingerprint density at radius 3 is 2.81 bits per heavy atom. The van der Waals surface area contributed by atoms with Crippen LogP contribution >= 0.6 is 0 Å². The van der Waals surface area contributed by atoms with Crippen LogP contribution in [-0.4, -0.2) is 17.8 Å². The van der Waals surface area contributed by atoms with Crippen molar-refractivity contribution in [2.45, 2.75) is 57.6 Å². The lowest BCUT2D eigenvalue weighted by Gasteiger charge is -2.46. The fourth-order valence-electron chi connectivity index (χ4n) is 4.53. The van der Waals surface area contributed by atoms with Crippen LogP contribution < -0.4 is 5.32 Å². The minimum atomic E-state index is -0.415. The molecule has 0 spiro atoms. The van der Waals surface area contributed by atoms with Crippen molar-refractivity contribution in [3.63, 3.8) is 0 Å². The van der Waals surface area contributed by atoms with Gasteiger partial charge in [-0.3, -0.25) is 0 Å². The number of hydrogen-bond donors (Lipinski definition) is 2. The molecule has 2 aliphatic heterocycles. The number of aliphatic hydroxyl groups excluding tert-OH is 1. The van der Waals surface area contributed by atoms with E-state index in [-0.39, 0.29) is 35.7 Å². The van der Waals surface area contributed by atoms with Crippen molar-refractivity contribution >= 4 is 5.69 Å². The first kappa shape index (κ1) is 17.6. The van der Waals surface area contributed by atoms with Crippen LogP contribution in [0.25, 0.3) is 0 Å². The molecule has 0 bridgehead atoms. The maximum absolute atomic E-state index is 14.0. The van der Waals surface area contributed by atoms with Crippen molar-refractivity contribution in [2.75, 3.05) is 11.9 Å². The van der Waals surface area contributed by atoms with Crippen LogP contribution in [0.1, 0.15) is 57.3 Å². The summed E-state index contributed by atoms with van der Waals surface area (Å²) in [5, 5.41) is 13.2. The molecule has 2 heterocycles. The summed E-state index contributed by atoms with van der Waals surface area (Å²) in [7, 11) is 0. The number of anilines is 1. The number of allylic oxidation sites excluding steroid dienone is 2. The fourth-order valence-corrected chi connectivity index (χ4v) is 4.53. The highest BCUT2D eigenvalue weighted by atomic mass is 19.1. The molecule has 0 saturated carbocycles. The molecule has 1 unspecified atom stereocenters. The Labute approximate surface area is 154 Å². The average molecular weight is 357 g/mol. The largest absolute Gasteiger partial charge is 0.505 e. The molecule has 4 rings (SSSR count). The third-order valence-corrected chi connectivity index (χ3v) is 6.03. The lowest BCUT2D eigenvalue weighted by atomic mass is 9.72. The highest BCUT2D eigenvalue weighted by Gasteiger charge is 2.42. The zero-order valence-electron chi connectivity index (χ0n) is 15.8. The number of ether oxygens (including phenoxy) is 1. The van der Waals surface area contributed by atoms with Crippen LogP contribution in [0.5, 0.6) is 0 Å². The Morgan fingerprint density at radius 2 is 2.08 bits per heavy atom. The molecule has 1 aliphatic carbocycles. The molecule has 0 radical (unpaired) electrons. The van der Waals surface area contributed by atoms with E-state index in [0.717, 1.165) is 25.1 Å². The second kappa shape index (κ2) is 6.41. The van der Waals surface area contributed by atoms with Gasteiger partial charge in [-0.2, -0.15) is 0 Å². The maximum Gasteiger partial charge on any atom is 0.146 e. The number of hydrogen-bond acceptors (Lipinski definition) is 3. The van der Waals surface area contributed by atoms with Crippen molar-refractivity contribution in [2.24, 2.45) is 11.8 Å². The summed E-state index contributed by atoms with van der Waals surface area (Å²) in [6.45, 7) is 7.45. The Hall–Kier alpha value is -1.81. The standard InChI is InChI=1S/C22H28FNO2/c1-22(2,3)14-7-8-18-16(12-14)21-15(5-4-10-26-21)20(24-18)13-6-9-19(25)17(23)11-13/h6-9,12-13,15,20-21,24-25H,4-5,10-11H2,1-3H3/t13?,15-,20-,21-/m0/s1. The van der Waals surface area contributed by atoms with E-state index in [1.807, 2.05) is 6.08 Å². The van der Waals surface area contributed by atoms with Gasteiger partial charge in [0.25, 0.3) is 0 Å². The second-order valence-electron chi connectivity index (χ2n) is 8.84. The summed E-state index contributed by atoms with van der Waals surface area (Å²) in [5.74, 6) is -0.310. The molecular weight excluding hydrogens is 329 g/mol. The lowest BCUT2D eigenvalue weighted by Crippen LogP contribution is -2.45. The second-order valence-corrected chi connectivity index (χ2v) is 8.84. The average Bonchev–Trinajstić information content (AvgIpc) is 2.62. The SMILES string of the molecule is CC(C)(C)c1ccc2c(c1)[C@H]1OCCC[C@H]1[C@H](C1C=CC(O)=C(F)C1)N2. The van der Waals surface area contributed by atoms with E-state index in [4.69, 9.17) is 4.74 Å². The molecule has 0 aromatic heterocycles. The summed E-state index contributed by atoms with van der Waals surface area (Å²) < 4.78 is 20.2. The summed E-state index contributed by atoms with van der Waals surface area (Å²) in [6.07, 6.45) is 5.86. The van der Waals surface area contributed by atoms with Gasteiger partial charge in [0.2, 0.25) is 0 Å². The first-order chi connectivity index (χ1) is 12.3. The summed E-state index contributed by atoms with van der Waals surface area (Å²) in [5.41, 5.74) is 3.73. The van der Waals surface area contributed by atoms with Crippen molar-refractivity contribution in [3.8, 4) is 0 Å². The van der Waals surface area contributed by atoms with Crippen LogP contribution in [0.3, 0.4) is 0 Å². The van der Waals surface area contributed by atoms with Gasteiger partial charge in [-0.25, -0.2) is 4.39 Å². The molecule has 140 valence electrons. The molecule has 0 amide bonds. The van der Waals surface area contributed by atoms with Crippen molar-refractivity contribution in [1.29, 1.82) is 0 Å². The topological polar surface area (TPSA) is 41.5 Å². The maximum atomic E-state index is 14.0. The summed E-state index contributed by atoms with van der Waals surface area (Å²) >= 11 is 0.